The molecule has 2 heterocycles. The first kappa shape index (κ1) is 15.6. The van der Waals surface area contributed by atoms with Crippen LogP contribution in [-0.4, -0.2) is 44.6 Å². The first-order valence-corrected chi connectivity index (χ1v) is 8.16. The van der Waals surface area contributed by atoms with Gasteiger partial charge in [0, 0.05) is 31.4 Å². The van der Waals surface area contributed by atoms with Crippen LogP contribution in [0.3, 0.4) is 0 Å². The van der Waals surface area contributed by atoms with Crippen LogP contribution in [0, 0.1) is 5.82 Å². The van der Waals surface area contributed by atoms with Gasteiger partial charge < -0.3 is 19.7 Å². The number of nitrogens with one attached hydrogen (secondary N) is 1. The van der Waals surface area contributed by atoms with Crippen LogP contribution in [0.5, 0.6) is 0 Å². The van der Waals surface area contributed by atoms with Crippen molar-refractivity contribution in [2.75, 3.05) is 36.5 Å². The van der Waals surface area contributed by atoms with Crippen molar-refractivity contribution in [3.05, 3.63) is 24.0 Å². The number of anilines is 2. The summed E-state index contributed by atoms with van der Waals surface area (Å²) in [7, 11) is 0. The van der Waals surface area contributed by atoms with Gasteiger partial charge in [-0.15, -0.1) is 0 Å². The first-order valence-electron chi connectivity index (χ1n) is 8.16. The Balaban J connectivity index is 1.68. The van der Waals surface area contributed by atoms with Crippen molar-refractivity contribution in [3.63, 3.8) is 0 Å². The molecule has 5 heteroatoms. The van der Waals surface area contributed by atoms with Crippen molar-refractivity contribution >= 4 is 11.4 Å². The topological polar surface area (TPSA) is 33.7 Å². The molecule has 0 radical (unpaired) electrons. The molecule has 3 atom stereocenters. The second-order valence-corrected chi connectivity index (χ2v) is 6.39. The van der Waals surface area contributed by atoms with E-state index in [2.05, 4.69) is 10.2 Å². The molecule has 0 spiro atoms. The molecular weight excluding hydrogens is 283 g/mol. The molecule has 4 nitrogen and oxygen atoms in total. The summed E-state index contributed by atoms with van der Waals surface area (Å²) < 4.78 is 25.6. The molecule has 2 aliphatic heterocycles. The molecule has 0 saturated carbocycles. The molecule has 2 aliphatic rings. The Bertz CT molecular complexity index is 495. The highest BCUT2D eigenvalue weighted by Crippen LogP contribution is 2.26. The van der Waals surface area contributed by atoms with Crippen molar-refractivity contribution in [2.45, 2.75) is 44.9 Å². The fraction of sp³-hybridized carbons (Fsp3) is 0.647. The number of rotatable bonds is 3. The molecule has 3 rings (SSSR count). The summed E-state index contributed by atoms with van der Waals surface area (Å²) in [6.07, 6.45) is 2.38. The lowest BCUT2D eigenvalue weighted by molar-refractivity contribution is -0.00539. The average Bonchev–Trinajstić information content (AvgIpc) is 2.47. The maximum Gasteiger partial charge on any atom is 0.148 e. The van der Waals surface area contributed by atoms with E-state index in [1.807, 2.05) is 26.0 Å². The molecule has 1 N–H and O–H groups in total. The molecular formula is C17H25FN2O2. The molecule has 0 amide bonds. The first-order chi connectivity index (χ1) is 10.6. The highest BCUT2D eigenvalue weighted by Gasteiger charge is 2.24. The van der Waals surface area contributed by atoms with Gasteiger partial charge in [0.2, 0.25) is 0 Å². The number of benzene rings is 1. The van der Waals surface area contributed by atoms with Gasteiger partial charge in [-0.3, -0.25) is 0 Å². The normalized spacial score (nSPS) is 29.4. The van der Waals surface area contributed by atoms with E-state index in [-0.39, 0.29) is 24.1 Å². The molecule has 2 fully saturated rings. The molecule has 2 saturated heterocycles. The van der Waals surface area contributed by atoms with Gasteiger partial charge in [0.1, 0.15) is 5.82 Å². The summed E-state index contributed by atoms with van der Waals surface area (Å²) in [4.78, 5) is 2.07. The molecule has 0 unspecified atom stereocenters. The summed E-state index contributed by atoms with van der Waals surface area (Å²) in [5.74, 6) is -0.178. The van der Waals surface area contributed by atoms with Gasteiger partial charge in [-0.1, -0.05) is 0 Å². The minimum absolute atomic E-state index is 0.125. The zero-order valence-corrected chi connectivity index (χ0v) is 13.3. The monoisotopic (exact) mass is 308 g/mol. The van der Waals surface area contributed by atoms with E-state index in [0.29, 0.717) is 12.3 Å². The van der Waals surface area contributed by atoms with E-state index >= 15 is 0 Å². The van der Waals surface area contributed by atoms with Crippen LogP contribution in [0.15, 0.2) is 18.2 Å². The minimum atomic E-state index is -0.178. The fourth-order valence-corrected chi connectivity index (χ4v) is 3.32. The summed E-state index contributed by atoms with van der Waals surface area (Å²) in [6.45, 7) is 7.04. The Morgan fingerprint density at radius 3 is 2.64 bits per heavy atom. The van der Waals surface area contributed by atoms with Crippen molar-refractivity contribution in [1.29, 1.82) is 0 Å². The number of hydrogen-bond donors (Lipinski definition) is 1. The van der Waals surface area contributed by atoms with Crippen LogP contribution in [0.25, 0.3) is 0 Å². The molecule has 122 valence electrons. The van der Waals surface area contributed by atoms with Gasteiger partial charge in [-0.25, -0.2) is 4.39 Å². The molecule has 0 aliphatic carbocycles. The zero-order valence-electron chi connectivity index (χ0n) is 13.3. The highest BCUT2D eigenvalue weighted by atomic mass is 19.1. The average molecular weight is 308 g/mol. The van der Waals surface area contributed by atoms with Crippen LogP contribution in [0.4, 0.5) is 15.8 Å². The summed E-state index contributed by atoms with van der Waals surface area (Å²) in [5, 5.41) is 3.36. The lowest BCUT2D eigenvalue weighted by atomic mass is 10.1. The maximum atomic E-state index is 14.5. The van der Waals surface area contributed by atoms with Crippen LogP contribution in [-0.2, 0) is 9.47 Å². The predicted molar refractivity (Wildman–Crippen MR) is 86.1 cm³/mol. The van der Waals surface area contributed by atoms with Gasteiger partial charge in [0.15, 0.2) is 0 Å². The quantitative estimate of drug-likeness (QED) is 0.930. The predicted octanol–water partition coefficient (Wildman–Crippen LogP) is 3.03. The van der Waals surface area contributed by atoms with E-state index in [9.17, 15) is 4.39 Å². The second kappa shape index (κ2) is 6.84. The zero-order chi connectivity index (χ0) is 15.5. The van der Waals surface area contributed by atoms with E-state index in [4.69, 9.17) is 9.47 Å². The van der Waals surface area contributed by atoms with Gasteiger partial charge in [0.05, 0.1) is 24.5 Å². The molecule has 1 aromatic carbocycles. The van der Waals surface area contributed by atoms with Crippen LogP contribution in [0.2, 0.25) is 0 Å². The Morgan fingerprint density at radius 1 is 1.23 bits per heavy atom. The lowest BCUT2D eigenvalue weighted by Gasteiger charge is -2.37. The Morgan fingerprint density at radius 2 is 2.00 bits per heavy atom. The highest BCUT2D eigenvalue weighted by molar-refractivity contribution is 5.57. The van der Waals surface area contributed by atoms with Crippen LogP contribution >= 0.6 is 0 Å². The van der Waals surface area contributed by atoms with Crippen molar-refractivity contribution in [2.24, 2.45) is 0 Å². The number of nitrogens with zero attached hydrogens (tertiary/aromatic N) is 1. The molecule has 1 aromatic rings. The second-order valence-electron chi connectivity index (χ2n) is 6.39. The number of ether oxygens (including phenoxy) is 2. The third-order valence-electron chi connectivity index (χ3n) is 4.24. The standard InChI is InChI=1S/C17H25FN2O2/c1-12-9-20(10-13(2)22-12)17-6-5-14(8-16(17)18)19-15-4-3-7-21-11-15/h5-6,8,12-13,15,19H,3-4,7,9-11H2,1-2H3/t12-,13-,15-/m1/s1. The Hall–Kier alpha value is -1.33. The smallest absolute Gasteiger partial charge is 0.148 e. The number of halogens is 1. The number of morpholine rings is 1. The van der Waals surface area contributed by atoms with Gasteiger partial charge in [0.25, 0.3) is 0 Å². The van der Waals surface area contributed by atoms with E-state index in [1.165, 1.54) is 0 Å². The Kier molecular flexibility index (Phi) is 4.84. The Labute approximate surface area is 131 Å². The van der Waals surface area contributed by atoms with Crippen LogP contribution < -0.4 is 10.2 Å². The van der Waals surface area contributed by atoms with Gasteiger partial charge in [-0.2, -0.15) is 0 Å². The van der Waals surface area contributed by atoms with E-state index in [1.54, 1.807) is 6.07 Å². The van der Waals surface area contributed by atoms with Crippen LogP contribution in [0.1, 0.15) is 26.7 Å². The van der Waals surface area contributed by atoms with E-state index in [0.717, 1.165) is 38.2 Å². The van der Waals surface area contributed by atoms with Gasteiger partial charge in [-0.05, 0) is 44.9 Å². The minimum Gasteiger partial charge on any atom is -0.380 e. The SMILES string of the molecule is C[C@@H]1CN(c2ccc(N[C@@H]3CCCOC3)cc2F)C[C@@H](C)O1. The van der Waals surface area contributed by atoms with Crippen molar-refractivity contribution in [3.8, 4) is 0 Å². The summed E-state index contributed by atoms with van der Waals surface area (Å²) in [6, 6.07) is 5.70. The van der Waals surface area contributed by atoms with E-state index < -0.39 is 0 Å². The molecule has 22 heavy (non-hydrogen) atoms. The lowest BCUT2D eigenvalue weighted by Crippen LogP contribution is -2.45. The van der Waals surface area contributed by atoms with Crippen molar-refractivity contribution in [1.82, 2.24) is 0 Å². The van der Waals surface area contributed by atoms with Crippen molar-refractivity contribution < 1.29 is 13.9 Å². The number of hydrogen-bond acceptors (Lipinski definition) is 4. The molecule has 0 aromatic heterocycles. The molecule has 0 bridgehead atoms. The van der Waals surface area contributed by atoms with Gasteiger partial charge >= 0.3 is 0 Å². The summed E-state index contributed by atoms with van der Waals surface area (Å²) >= 11 is 0. The maximum absolute atomic E-state index is 14.5. The largest absolute Gasteiger partial charge is 0.380 e. The third kappa shape index (κ3) is 3.70. The summed E-state index contributed by atoms with van der Waals surface area (Å²) in [5.41, 5.74) is 1.48. The third-order valence-corrected chi connectivity index (χ3v) is 4.24. The fourth-order valence-electron chi connectivity index (χ4n) is 3.32.